The van der Waals surface area contributed by atoms with E-state index in [0.29, 0.717) is 12.4 Å². The number of rotatable bonds is 6. The maximum Gasteiger partial charge on any atom is 0.145 e. The van der Waals surface area contributed by atoms with Crippen LogP contribution < -0.4 is 16.2 Å². The van der Waals surface area contributed by atoms with Crippen LogP contribution in [-0.2, 0) is 6.42 Å². The summed E-state index contributed by atoms with van der Waals surface area (Å²) in [5, 5.41) is 0. The van der Waals surface area contributed by atoms with E-state index in [1.807, 2.05) is 11.8 Å². The van der Waals surface area contributed by atoms with E-state index in [4.69, 9.17) is 5.84 Å². The molecule has 112 valence electrons. The molecule has 0 unspecified atom stereocenters. The minimum absolute atomic E-state index is 0.256. The Morgan fingerprint density at radius 2 is 1.90 bits per heavy atom. The Morgan fingerprint density at radius 1 is 1.19 bits per heavy atom. The second-order valence-electron chi connectivity index (χ2n) is 4.64. The number of nitrogens with one attached hydrogen (secondary N) is 1. The number of nitrogens with zero attached hydrogens (tertiary/aromatic N) is 3. The number of aryl methyl sites for hydroxylation is 1. The van der Waals surface area contributed by atoms with E-state index >= 15 is 0 Å². The largest absolute Gasteiger partial charge is 0.326 e. The van der Waals surface area contributed by atoms with Crippen molar-refractivity contribution in [2.75, 3.05) is 16.9 Å². The molecule has 1 heterocycles. The summed E-state index contributed by atoms with van der Waals surface area (Å²) in [6.45, 7) is 4.79. The Kier molecular flexibility index (Phi) is 5.05. The molecular formula is C15H20FN5. The van der Waals surface area contributed by atoms with Gasteiger partial charge in [0.1, 0.15) is 23.3 Å². The van der Waals surface area contributed by atoms with E-state index in [0.717, 1.165) is 30.2 Å². The molecule has 1 aromatic heterocycles. The van der Waals surface area contributed by atoms with E-state index in [-0.39, 0.29) is 5.82 Å². The first-order valence-electron chi connectivity index (χ1n) is 7.05. The van der Waals surface area contributed by atoms with E-state index in [1.165, 1.54) is 12.1 Å². The average Bonchev–Trinajstić information content (AvgIpc) is 2.50. The number of aromatic nitrogens is 2. The van der Waals surface area contributed by atoms with Gasteiger partial charge in [-0.2, -0.15) is 0 Å². The molecule has 0 atom stereocenters. The van der Waals surface area contributed by atoms with Crippen molar-refractivity contribution < 1.29 is 4.39 Å². The molecule has 0 spiro atoms. The monoisotopic (exact) mass is 289 g/mol. The second-order valence-corrected chi connectivity index (χ2v) is 4.64. The van der Waals surface area contributed by atoms with Crippen LogP contribution in [0.5, 0.6) is 0 Å². The number of benzene rings is 1. The summed E-state index contributed by atoms with van der Waals surface area (Å²) in [5.41, 5.74) is 3.45. The molecule has 5 nitrogen and oxygen atoms in total. The molecular weight excluding hydrogens is 269 g/mol. The molecule has 0 aliphatic carbocycles. The van der Waals surface area contributed by atoms with Crippen LogP contribution in [0.2, 0.25) is 0 Å². The van der Waals surface area contributed by atoms with Crippen molar-refractivity contribution in [2.24, 2.45) is 5.84 Å². The zero-order valence-corrected chi connectivity index (χ0v) is 12.3. The van der Waals surface area contributed by atoms with Crippen LogP contribution in [0.1, 0.15) is 26.1 Å². The van der Waals surface area contributed by atoms with Crippen molar-refractivity contribution in [2.45, 2.75) is 26.7 Å². The fourth-order valence-corrected chi connectivity index (χ4v) is 2.13. The smallest absolute Gasteiger partial charge is 0.145 e. The molecule has 0 saturated heterocycles. The van der Waals surface area contributed by atoms with Crippen LogP contribution in [0.15, 0.2) is 30.3 Å². The van der Waals surface area contributed by atoms with Gasteiger partial charge in [0.15, 0.2) is 0 Å². The fourth-order valence-electron chi connectivity index (χ4n) is 2.13. The first-order valence-corrected chi connectivity index (χ1v) is 7.05. The van der Waals surface area contributed by atoms with Crippen LogP contribution >= 0.6 is 0 Å². The highest BCUT2D eigenvalue weighted by Gasteiger charge is 2.12. The minimum Gasteiger partial charge on any atom is -0.326 e. The zero-order valence-electron chi connectivity index (χ0n) is 12.3. The molecule has 2 rings (SSSR count). The Hall–Kier alpha value is -2.21. The highest BCUT2D eigenvalue weighted by atomic mass is 19.1. The van der Waals surface area contributed by atoms with Crippen LogP contribution in [0.4, 0.5) is 21.7 Å². The van der Waals surface area contributed by atoms with Gasteiger partial charge in [0, 0.05) is 24.7 Å². The third-order valence-electron chi connectivity index (χ3n) is 3.11. The molecule has 2 aromatic rings. The number of nitrogen functional groups attached to an aromatic ring is 1. The van der Waals surface area contributed by atoms with Gasteiger partial charge in [-0.25, -0.2) is 20.2 Å². The maximum absolute atomic E-state index is 13.1. The zero-order chi connectivity index (χ0) is 15.2. The Balaban J connectivity index is 2.40. The Labute approximate surface area is 124 Å². The molecule has 0 fully saturated rings. The predicted molar refractivity (Wildman–Crippen MR) is 82.9 cm³/mol. The first-order chi connectivity index (χ1) is 10.2. The summed E-state index contributed by atoms with van der Waals surface area (Å²) in [4.78, 5) is 10.9. The van der Waals surface area contributed by atoms with Gasteiger partial charge in [0.25, 0.3) is 0 Å². The van der Waals surface area contributed by atoms with E-state index in [2.05, 4.69) is 22.3 Å². The SMILES string of the molecule is CCCc1nc(NN)cc(N(CC)c2ccc(F)cc2)n1. The van der Waals surface area contributed by atoms with Gasteiger partial charge < -0.3 is 10.3 Å². The molecule has 21 heavy (non-hydrogen) atoms. The van der Waals surface area contributed by atoms with Gasteiger partial charge in [-0.1, -0.05) is 6.92 Å². The van der Waals surface area contributed by atoms with Crippen molar-refractivity contribution in [1.29, 1.82) is 0 Å². The third-order valence-corrected chi connectivity index (χ3v) is 3.11. The normalized spacial score (nSPS) is 10.5. The molecule has 0 radical (unpaired) electrons. The summed E-state index contributed by atoms with van der Waals surface area (Å²) in [7, 11) is 0. The summed E-state index contributed by atoms with van der Waals surface area (Å²) in [5.74, 6) is 7.28. The molecule has 0 aliphatic rings. The van der Waals surface area contributed by atoms with Crippen LogP contribution in [0.25, 0.3) is 0 Å². The summed E-state index contributed by atoms with van der Waals surface area (Å²) >= 11 is 0. The molecule has 6 heteroatoms. The lowest BCUT2D eigenvalue weighted by molar-refractivity contribution is 0.627. The average molecular weight is 289 g/mol. The van der Waals surface area contributed by atoms with Gasteiger partial charge in [0.2, 0.25) is 0 Å². The predicted octanol–water partition coefficient (Wildman–Crippen LogP) is 3.01. The Morgan fingerprint density at radius 3 is 2.48 bits per heavy atom. The minimum atomic E-state index is -0.256. The van der Waals surface area contributed by atoms with Crippen molar-refractivity contribution in [3.63, 3.8) is 0 Å². The summed E-state index contributed by atoms with van der Waals surface area (Å²) in [6.07, 6.45) is 1.74. The van der Waals surface area contributed by atoms with E-state index in [1.54, 1.807) is 18.2 Å². The van der Waals surface area contributed by atoms with Gasteiger partial charge in [-0.15, -0.1) is 0 Å². The molecule has 0 saturated carbocycles. The molecule has 3 N–H and O–H groups in total. The lowest BCUT2D eigenvalue weighted by atomic mass is 10.2. The molecule has 0 bridgehead atoms. The highest BCUT2D eigenvalue weighted by molar-refractivity contribution is 5.62. The van der Waals surface area contributed by atoms with Crippen LogP contribution in [-0.4, -0.2) is 16.5 Å². The van der Waals surface area contributed by atoms with Gasteiger partial charge >= 0.3 is 0 Å². The quantitative estimate of drug-likeness (QED) is 0.632. The number of hydrogen-bond donors (Lipinski definition) is 2. The summed E-state index contributed by atoms with van der Waals surface area (Å²) in [6, 6.07) is 8.13. The standard InChI is InChI=1S/C15H20FN5/c1-3-5-13-18-14(20-17)10-15(19-13)21(4-2)12-8-6-11(16)7-9-12/h6-10H,3-5,17H2,1-2H3,(H,18,19,20). The second kappa shape index (κ2) is 6.99. The lowest BCUT2D eigenvalue weighted by Gasteiger charge is -2.23. The number of nitrogens with two attached hydrogens (primary N) is 1. The van der Waals surface area contributed by atoms with Crippen molar-refractivity contribution in [1.82, 2.24) is 9.97 Å². The highest BCUT2D eigenvalue weighted by Crippen LogP contribution is 2.25. The summed E-state index contributed by atoms with van der Waals surface area (Å²) < 4.78 is 13.1. The third kappa shape index (κ3) is 3.66. The van der Waals surface area contributed by atoms with Crippen LogP contribution in [0.3, 0.4) is 0 Å². The number of hydrogen-bond acceptors (Lipinski definition) is 5. The number of hydrazine groups is 1. The van der Waals surface area contributed by atoms with Gasteiger partial charge in [-0.05, 0) is 37.6 Å². The molecule has 1 aromatic carbocycles. The topological polar surface area (TPSA) is 67.1 Å². The maximum atomic E-state index is 13.1. The fraction of sp³-hybridized carbons (Fsp3) is 0.333. The van der Waals surface area contributed by atoms with E-state index in [9.17, 15) is 4.39 Å². The molecule has 0 amide bonds. The molecule has 0 aliphatic heterocycles. The van der Waals surface area contributed by atoms with Crippen LogP contribution in [0, 0.1) is 5.82 Å². The number of anilines is 3. The van der Waals surface area contributed by atoms with Gasteiger partial charge in [0.05, 0.1) is 0 Å². The van der Waals surface area contributed by atoms with Crippen molar-refractivity contribution in [3.05, 3.63) is 42.0 Å². The van der Waals surface area contributed by atoms with E-state index < -0.39 is 0 Å². The van der Waals surface area contributed by atoms with Crippen molar-refractivity contribution >= 4 is 17.3 Å². The number of halogens is 1. The first kappa shape index (κ1) is 15.2. The van der Waals surface area contributed by atoms with Crippen molar-refractivity contribution in [3.8, 4) is 0 Å². The Bertz CT molecular complexity index is 585. The van der Waals surface area contributed by atoms with Gasteiger partial charge in [-0.3, -0.25) is 0 Å². The lowest BCUT2D eigenvalue weighted by Crippen LogP contribution is -2.20.